The summed E-state index contributed by atoms with van der Waals surface area (Å²) in [6.07, 6.45) is 2.14. The van der Waals surface area contributed by atoms with Gasteiger partial charge < -0.3 is 0 Å². The summed E-state index contributed by atoms with van der Waals surface area (Å²) in [5, 5.41) is 11.2. The standard InChI is InChI=1S/C22H14BrN3/c23-17-12-10-16(11-13-17)21-24-25-22-19-9-5-4-8-18(19)20(14-26(21)22)15-6-2-1-3-7-15/h1-14H. The van der Waals surface area contributed by atoms with Crippen LogP contribution in [-0.2, 0) is 0 Å². The third-order valence-electron chi connectivity index (χ3n) is 4.60. The Kier molecular flexibility index (Phi) is 3.57. The van der Waals surface area contributed by atoms with Crippen LogP contribution in [0, 0.1) is 0 Å². The second-order valence-electron chi connectivity index (χ2n) is 6.18. The molecule has 0 fully saturated rings. The number of nitrogens with zero attached hydrogens (tertiary/aromatic N) is 3. The Morgan fingerprint density at radius 2 is 1.35 bits per heavy atom. The van der Waals surface area contributed by atoms with E-state index < -0.39 is 0 Å². The van der Waals surface area contributed by atoms with Gasteiger partial charge in [-0.15, -0.1) is 10.2 Å². The first kappa shape index (κ1) is 15.3. The molecule has 0 radical (unpaired) electrons. The zero-order valence-electron chi connectivity index (χ0n) is 13.8. The van der Waals surface area contributed by atoms with E-state index in [4.69, 9.17) is 0 Å². The molecule has 0 N–H and O–H groups in total. The van der Waals surface area contributed by atoms with Crippen LogP contribution in [0.25, 0.3) is 38.9 Å². The second kappa shape index (κ2) is 6.07. The monoisotopic (exact) mass is 399 g/mol. The van der Waals surface area contributed by atoms with Crippen molar-refractivity contribution in [3.05, 3.63) is 89.5 Å². The molecule has 4 heteroatoms. The lowest BCUT2D eigenvalue weighted by Crippen LogP contribution is -1.93. The van der Waals surface area contributed by atoms with E-state index >= 15 is 0 Å². The maximum absolute atomic E-state index is 4.48. The van der Waals surface area contributed by atoms with E-state index in [0.717, 1.165) is 26.9 Å². The quantitative estimate of drug-likeness (QED) is 0.365. The number of hydrogen-bond acceptors (Lipinski definition) is 2. The van der Waals surface area contributed by atoms with Gasteiger partial charge >= 0.3 is 0 Å². The predicted molar refractivity (Wildman–Crippen MR) is 109 cm³/mol. The third-order valence-corrected chi connectivity index (χ3v) is 5.13. The van der Waals surface area contributed by atoms with Gasteiger partial charge in [-0.2, -0.15) is 0 Å². The summed E-state index contributed by atoms with van der Waals surface area (Å²) < 4.78 is 3.14. The summed E-state index contributed by atoms with van der Waals surface area (Å²) in [7, 11) is 0. The Morgan fingerprint density at radius 1 is 0.654 bits per heavy atom. The van der Waals surface area contributed by atoms with E-state index in [1.807, 2.05) is 24.3 Å². The molecular formula is C22H14BrN3. The van der Waals surface area contributed by atoms with Crippen LogP contribution in [0.3, 0.4) is 0 Å². The lowest BCUT2D eigenvalue weighted by Gasteiger charge is -2.10. The zero-order valence-corrected chi connectivity index (χ0v) is 15.4. The predicted octanol–water partition coefficient (Wildman–Crippen LogP) is 5.98. The van der Waals surface area contributed by atoms with E-state index in [2.05, 4.69) is 91.3 Å². The molecule has 2 aromatic heterocycles. The van der Waals surface area contributed by atoms with Gasteiger partial charge in [-0.25, -0.2) is 0 Å². The van der Waals surface area contributed by atoms with Gasteiger partial charge in [0, 0.05) is 27.2 Å². The first-order valence-electron chi connectivity index (χ1n) is 8.39. The van der Waals surface area contributed by atoms with Gasteiger partial charge in [-0.3, -0.25) is 4.40 Å². The van der Waals surface area contributed by atoms with Gasteiger partial charge in [0.2, 0.25) is 0 Å². The molecule has 0 saturated carbocycles. The molecule has 3 nitrogen and oxygen atoms in total. The normalized spacial score (nSPS) is 11.3. The number of benzene rings is 3. The Bertz CT molecular complexity index is 1230. The van der Waals surface area contributed by atoms with Crippen molar-refractivity contribution in [3.63, 3.8) is 0 Å². The SMILES string of the molecule is Brc1ccc(-c2nnc3c4ccccc4c(-c4ccccc4)cn23)cc1. The highest BCUT2D eigenvalue weighted by Crippen LogP contribution is 2.32. The second-order valence-corrected chi connectivity index (χ2v) is 7.09. The number of fused-ring (bicyclic) bond motifs is 3. The molecule has 5 rings (SSSR count). The van der Waals surface area contributed by atoms with Gasteiger partial charge in [0.25, 0.3) is 0 Å². The van der Waals surface area contributed by atoms with Crippen molar-refractivity contribution >= 4 is 32.3 Å². The Labute approximate surface area is 159 Å². The van der Waals surface area contributed by atoms with Crippen molar-refractivity contribution in [2.45, 2.75) is 0 Å². The van der Waals surface area contributed by atoms with Gasteiger partial charge in [0.05, 0.1) is 0 Å². The average molecular weight is 400 g/mol. The summed E-state index contributed by atoms with van der Waals surface area (Å²) in [6, 6.07) is 27.0. The summed E-state index contributed by atoms with van der Waals surface area (Å²) in [5.41, 5.74) is 4.26. The van der Waals surface area contributed by atoms with Crippen LogP contribution in [0.15, 0.2) is 89.5 Å². The highest BCUT2D eigenvalue weighted by molar-refractivity contribution is 9.10. The molecule has 2 heterocycles. The summed E-state index contributed by atoms with van der Waals surface area (Å²) >= 11 is 3.49. The first-order valence-corrected chi connectivity index (χ1v) is 9.18. The van der Waals surface area contributed by atoms with Crippen LogP contribution in [0.5, 0.6) is 0 Å². The van der Waals surface area contributed by atoms with Crippen LogP contribution >= 0.6 is 15.9 Å². The fourth-order valence-electron chi connectivity index (χ4n) is 3.35. The minimum absolute atomic E-state index is 0.843. The number of hydrogen-bond donors (Lipinski definition) is 0. The summed E-state index contributed by atoms with van der Waals surface area (Å²) in [5.74, 6) is 0.843. The molecule has 0 atom stereocenters. The van der Waals surface area contributed by atoms with Crippen molar-refractivity contribution in [1.29, 1.82) is 0 Å². The zero-order chi connectivity index (χ0) is 17.5. The van der Waals surface area contributed by atoms with Crippen molar-refractivity contribution in [2.75, 3.05) is 0 Å². The molecule has 0 unspecified atom stereocenters. The van der Waals surface area contributed by atoms with Crippen LogP contribution in [-0.4, -0.2) is 14.6 Å². The van der Waals surface area contributed by atoms with Crippen LogP contribution < -0.4 is 0 Å². The van der Waals surface area contributed by atoms with Gasteiger partial charge in [0.1, 0.15) is 0 Å². The molecule has 3 aromatic carbocycles. The molecule has 0 bridgehead atoms. The minimum Gasteiger partial charge on any atom is -0.281 e. The number of pyridine rings is 1. The maximum atomic E-state index is 4.48. The van der Waals surface area contributed by atoms with Crippen molar-refractivity contribution < 1.29 is 0 Å². The van der Waals surface area contributed by atoms with Crippen LogP contribution in [0.1, 0.15) is 0 Å². The van der Waals surface area contributed by atoms with Crippen LogP contribution in [0.2, 0.25) is 0 Å². The fraction of sp³-hybridized carbons (Fsp3) is 0. The fourth-order valence-corrected chi connectivity index (χ4v) is 3.62. The van der Waals surface area contributed by atoms with E-state index in [1.165, 1.54) is 16.5 Å². The van der Waals surface area contributed by atoms with Gasteiger partial charge in [0.15, 0.2) is 11.5 Å². The lowest BCUT2D eigenvalue weighted by molar-refractivity contribution is 1.11. The highest BCUT2D eigenvalue weighted by Gasteiger charge is 2.14. The highest BCUT2D eigenvalue weighted by atomic mass is 79.9. The van der Waals surface area contributed by atoms with E-state index in [1.54, 1.807) is 0 Å². The molecular weight excluding hydrogens is 386 g/mol. The molecule has 0 spiro atoms. The minimum atomic E-state index is 0.843. The maximum Gasteiger partial charge on any atom is 0.169 e. The molecule has 124 valence electrons. The molecule has 5 aromatic rings. The van der Waals surface area contributed by atoms with Crippen molar-refractivity contribution in [2.24, 2.45) is 0 Å². The molecule has 0 saturated heterocycles. The van der Waals surface area contributed by atoms with Crippen LogP contribution in [0.4, 0.5) is 0 Å². The number of halogens is 1. The third kappa shape index (κ3) is 2.42. The molecule has 0 amide bonds. The van der Waals surface area contributed by atoms with Crippen molar-refractivity contribution in [3.8, 4) is 22.5 Å². The smallest absolute Gasteiger partial charge is 0.169 e. The Hall–Kier alpha value is -2.98. The Balaban J connectivity index is 1.86. The Morgan fingerprint density at radius 3 is 2.12 bits per heavy atom. The molecule has 0 aliphatic rings. The summed E-state index contributed by atoms with van der Waals surface area (Å²) in [6.45, 7) is 0. The molecule has 0 aliphatic carbocycles. The van der Waals surface area contributed by atoms with Gasteiger partial charge in [-0.05, 0) is 23.1 Å². The van der Waals surface area contributed by atoms with E-state index in [9.17, 15) is 0 Å². The van der Waals surface area contributed by atoms with Crippen molar-refractivity contribution in [1.82, 2.24) is 14.6 Å². The lowest BCUT2D eigenvalue weighted by atomic mass is 10.0. The topological polar surface area (TPSA) is 30.2 Å². The first-order chi connectivity index (χ1) is 12.8. The molecule has 26 heavy (non-hydrogen) atoms. The molecule has 0 aliphatic heterocycles. The largest absolute Gasteiger partial charge is 0.281 e. The average Bonchev–Trinajstić information content (AvgIpc) is 3.13. The van der Waals surface area contributed by atoms with Gasteiger partial charge in [-0.1, -0.05) is 82.7 Å². The summed E-state index contributed by atoms with van der Waals surface area (Å²) in [4.78, 5) is 0. The van der Waals surface area contributed by atoms with E-state index in [-0.39, 0.29) is 0 Å². The van der Waals surface area contributed by atoms with E-state index in [0.29, 0.717) is 0 Å². The number of aromatic nitrogens is 3. The number of rotatable bonds is 2.